The van der Waals surface area contributed by atoms with E-state index in [9.17, 15) is 13.2 Å². The van der Waals surface area contributed by atoms with Gasteiger partial charge in [0, 0.05) is 19.6 Å². The molecule has 1 aromatic carbocycles. The highest BCUT2D eigenvalue weighted by molar-refractivity contribution is 7.89. The summed E-state index contributed by atoms with van der Waals surface area (Å²) in [4.78, 5) is 14.7. The highest BCUT2D eigenvalue weighted by atomic mass is 35.5. The third kappa shape index (κ3) is 5.16. The smallest absolute Gasteiger partial charge is 0.252 e. The molecule has 0 radical (unpaired) electrons. The number of amides is 1. The van der Waals surface area contributed by atoms with Gasteiger partial charge in [0.15, 0.2) is 0 Å². The fourth-order valence-corrected chi connectivity index (χ4v) is 6.12. The molecule has 1 fully saturated rings. The molecular formula is C19H23Cl2N3O4S2. The van der Waals surface area contributed by atoms with E-state index in [1.165, 1.54) is 16.4 Å². The van der Waals surface area contributed by atoms with Crippen LogP contribution in [0.5, 0.6) is 0 Å². The first-order chi connectivity index (χ1) is 14.2. The first-order valence-corrected chi connectivity index (χ1v) is 12.4. The van der Waals surface area contributed by atoms with E-state index in [4.69, 9.17) is 27.9 Å². The molecule has 1 N–H and O–H groups in total. The number of morpholine rings is 1. The Balaban J connectivity index is 1.83. The maximum Gasteiger partial charge on any atom is 0.252 e. The van der Waals surface area contributed by atoms with Gasteiger partial charge in [-0.15, -0.1) is 0 Å². The van der Waals surface area contributed by atoms with Gasteiger partial charge in [0.2, 0.25) is 10.0 Å². The van der Waals surface area contributed by atoms with Gasteiger partial charge < -0.3 is 15.0 Å². The third-order valence-corrected chi connectivity index (χ3v) is 8.24. The molecule has 2 aromatic rings. The van der Waals surface area contributed by atoms with Crippen LogP contribution in [0.3, 0.4) is 0 Å². The molecule has 11 heteroatoms. The van der Waals surface area contributed by atoms with Gasteiger partial charge in [-0.05, 0) is 48.6 Å². The Morgan fingerprint density at radius 2 is 1.97 bits per heavy atom. The number of hydrogen-bond donors (Lipinski definition) is 1. The standard InChI is InChI=1S/C19H23Cl2N3O4S2/c1-23(2)17(13-3-8-29-12-13)11-22-19(25)14-9-18(16(21)10-15(14)20)30(26,27)24-4-6-28-7-5-24/h3,8-10,12,17H,4-7,11H2,1-2H3,(H,22,25). The van der Waals surface area contributed by atoms with Gasteiger partial charge in [-0.25, -0.2) is 8.42 Å². The van der Waals surface area contributed by atoms with Crippen molar-refractivity contribution >= 4 is 50.5 Å². The van der Waals surface area contributed by atoms with Crippen LogP contribution in [0.1, 0.15) is 22.0 Å². The first kappa shape index (κ1) is 23.5. The summed E-state index contributed by atoms with van der Waals surface area (Å²) in [6.07, 6.45) is 0. The average Bonchev–Trinajstić information content (AvgIpc) is 3.22. The van der Waals surface area contributed by atoms with Crippen molar-refractivity contribution in [3.63, 3.8) is 0 Å². The SMILES string of the molecule is CN(C)C(CNC(=O)c1cc(S(=O)(=O)N2CCOCC2)c(Cl)cc1Cl)c1ccsc1. The van der Waals surface area contributed by atoms with Crippen molar-refractivity contribution in [2.75, 3.05) is 46.9 Å². The Labute approximate surface area is 190 Å². The Morgan fingerprint density at radius 1 is 1.27 bits per heavy atom. The maximum absolute atomic E-state index is 13.0. The van der Waals surface area contributed by atoms with E-state index < -0.39 is 15.9 Å². The molecule has 0 aliphatic carbocycles. The number of sulfonamides is 1. The van der Waals surface area contributed by atoms with E-state index in [-0.39, 0.29) is 39.6 Å². The summed E-state index contributed by atoms with van der Waals surface area (Å²) in [7, 11) is -0.0151. The minimum Gasteiger partial charge on any atom is -0.379 e. The van der Waals surface area contributed by atoms with Gasteiger partial charge in [0.1, 0.15) is 4.90 Å². The largest absolute Gasteiger partial charge is 0.379 e. The third-order valence-electron chi connectivity index (χ3n) is 4.86. The first-order valence-electron chi connectivity index (χ1n) is 9.25. The molecule has 1 aliphatic rings. The van der Waals surface area contributed by atoms with Crippen LogP contribution in [0.25, 0.3) is 0 Å². The van der Waals surface area contributed by atoms with Gasteiger partial charge in [0.05, 0.1) is 34.9 Å². The van der Waals surface area contributed by atoms with Gasteiger partial charge in [-0.3, -0.25) is 4.79 Å². The predicted molar refractivity (Wildman–Crippen MR) is 119 cm³/mol. The number of nitrogens with one attached hydrogen (secondary N) is 1. The summed E-state index contributed by atoms with van der Waals surface area (Å²) in [5, 5.41) is 6.93. The second-order valence-corrected chi connectivity index (χ2v) is 10.5. The summed E-state index contributed by atoms with van der Waals surface area (Å²) in [5.41, 5.74) is 1.15. The Hall–Kier alpha value is -1.20. The van der Waals surface area contributed by atoms with Crippen LogP contribution in [0.15, 0.2) is 33.9 Å². The monoisotopic (exact) mass is 491 g/mol. The second-order valence-electron chi connectivity index (χ2n) is 7.03. The highest BCUT2D eigenvalue weighted by Gasteiger charge is 2.30. The summed E-state index contributed by atoms with van der Waals surface area (Å²) in [6, 6.07) is 4.53. The van der Waals surface area contributed by atoms with E-state index in [0.29, 0.717) is 19.8 Å². The molecule has 1 aromatic heterocycles. The molecule has 1 unspecified atom stereocenters. The number of ether oxygens (including phenoxy) is 1. The van der Waals surface area contributed by atoms with Crippen LogP contribution in [0.2, 0.25) is 10.0 Å². The molecule has 0 spiro atoms. The van der Waals surface area contributed by atoms with Crippen LogP contribution in [0, 0.1) is 0 Å². The van der Waals surface area contributed by atoms with Crippen molar-refractivity contribution in [3.05, 3.63) is 50.1 Å². The Morgan fingerprint density at radius 3 is 2.57 bits per heavy atom. The number of benzene rings is 1. The lowest BCUT2D eigenvalue weighted by Crippen LogP contribution is -2.40. The van der Waals surface area contributed by atoms with Gasteiger partial charge in [0.25, 0.3) is 5.91 Å². The lowest BCUT2D eigenvalue weighted by atomic mass is 10.1. The molecule has 7 nitrogen and oxygen atoms in total. The Bertz CT molecular complexity index is 991. The fourth-order valence-electron chi connectivity index (χ4n) is 3.17. The van der Waals surface area contributed by atoms with Crippen molar-refractivity contribution in [2.45, 2.75) is 10.9 Å². The lowest BCUT2D eigenvalue weighted by molar-refractivity contribution is 0.0730. The highest BCUT2D eigenvalue weighted by Crippen LogP contribution is 2.31. The number of halogens is 2. The fraction of sp³-hybridized carbons (Fsp3) is 0.421. The zero-order chi connectivity index (χ0) is 21.9. The molecule has 3 rings (SSSR count). The van der Waals surface area contributed by atoms with Crippen molar-refractivity contribution < 1.29 is 17.9 Å². The zero-order valence-electron chi connectivity index (χ0n) is 16.6. The molecule has 1 aliphatic heterocycles. The summed E-state index contributed by atoms with van der Waals surface area (Å²) in [5.74, 6) is -0.461. The van der Waals surface area contributed by atoms with Gasteiger partial charge in [-0.1, -0.05) is 23.2 Å². The number of thiophene rings is 1. The van der Waals surface area contributed by atoms with Crippen LogP contribution < -0.4 is 5.32 Å². The summed E-state index contributed by atoms with van der Waals surface area (Å²) < 4.78 is 32.5. The number of nitrogens with zero attached hydrogens (tertiary/aromatic N) is 2. The normalized spacial score (nSPS) is 16.6. The van der Waals surface area contributed by atoms with Crippen molar-refractivity contribution in [3.8, 4) is 0 Å². The number of likely N-dealkylation sites (N-methyl/N-ethyl adjacent to an activating group) is 1. The van der Waals surface area contributed by atoms with Crippen molar-refractivity contribution in [1.29, 1.82) is 0 Å². The molecule has 1 atom stereocenters. The summed E-state index contributed by atoms with van der Waals surface area (Å²) in [6.45, 7) is 1.42. The average molecular weight is 492 g/mol. The Kier molecular flexibility index (Phi) is 7.78. The number of rotatable bonds is 7. The number of carbonyl (C=O) groups excluding carboxylic acids is 1. The second kappa shape index (κ2) is 9.95. The van der Waals surface area contributed by atoms with Gasteiger partial charge >= 0.3 is 0 Å². The minimum atomic E-state index is -3.87. The number of carbonyl (C=O) groups is 1. The molecule has 0 bridgehead atoms. The molecule has 164 valence electrons. The minimum absolute atomic E-state index is 0.0208. The van der Waals surface area contributed by atoms with E-state index in [2.05, 4.69) is 5.32 Å². The molecule has 2 heterocycles. The molecular weight excluding hydrogens is 469 g/mol. The van der Waals surface area contributed by atoms with E-state index in [0.717, 1.165) is 5.56 Å². The molecule has 30 heavy (non-hydrogen) atoms. The van der Waals surface area contributed by atoms with Crippen molar-refractivity contribution in [1.82, 2.24) is 14.5 Å². The van der Waals surface area contributed by atoms with E-state index in [1.54, 1.807) is 11.3 Å². The van der Waals surface area contributed by atoms with Crippen LogP contribution in [-0.4, -0.2) is 70.5 Å². The number of hydrogen-bond acceptors (Lipinski definition) is 6. The molecule has 1 amide bonds. The molecule has 1 saturated heterocycles. The van der Waals surface area contributed by atoms with Gasteiger partial charge in [-0.2, -0.15) is 15.6 Å². The maximum atomic E-state index is 13.0. The lowest BCUT2D eigenvalue weighted by Gasteiger charge is -2.27. The predicted octanol–water partition coefficient (Wildman–Crippen LogP) is 3.11. The molecule has 0 saturated carbocycles. The van der Waals surface area contributed by atoms with Crippen molar-refractivity contribution in [2.24, 2.45) is 0 Å². The quantitative estimate of drug-likeness (QED) is 0.643. The van der Waals surface area contributed by atoms with Crippen LogP contribution >= 0.6 is 34.5 Å². The summed E-state index contributed by atoms with van der Waals surface area (Å²) >= 11 is 14.0. The van der Waals surface area contributed by atoms with E-state index >= 15 is 0 Å². The topological polar surface area (TPSA) is 79.0 Å². The van der Waals surface area contributed by atoms with Crippen LogP contribution in [-0.2, 0) is 14.8 Å². The van der Waals surface area contributed by atoms with E-state index in [1.807, 2.05) is 35.8 Å². The zero-order valence-corrected chi connectivity index (χ0v) is 19.7. The van der Waals surface area contributed by atoms with Crippen LogP contribution in [0.4, 0.5) is 0 Å².